The topological polar surface area (TPSA) is 23.9 Å². The number of benzene rings is 4. The lowest BCUT2D eigenvalue weighted by atomic mass is 9.82. The lowest BCUT2D eigenvalue weighted by Gasteiger charge is -2.21. The fraction of sp³-hybridized carbons (Fsp3) is 0.0741. The van der Waals surface area contributed by atoms with E-state index in [2.05, 4.69) is 85.8 Å². The van der Waals surface area contributed by atoms with Gasteiger partial charge < -0.3 is 5.41 Å². The molecule has 0 heterocycles. The minimum atomic E-state index is 0.262. The van der Waals surface area contributed by atoms with Crippen molar-refractivity contribution >= 4 is 23.1 Å². The van der Waals surface area contributed by atoms with Gasteiger partial charge in [0.25, 0.3) is 0 Å². The Bertz CT molecular complexity index is 1250. The number of nitrogens with one attached hydrogen (secondary N) is 1. The molecule has 4 aromatic rings. The first-order valence-electron chi connectivity index (χ1n) is 9.66. The van der Waals surface area contributed by atoms with E-state index < -0.39 is 0 Å². The van der Waals surface area contributed by atoms with E-state index in [1.54, 1.807) is 0 Å². The molecular weight excluding hydrogens is 338 g/mol. The number of hydrogen-bond acceptors (Lipinski definition) is 1. The number of fused-ring (bicyclic) bond motifs is 2. The molecule has 134 valence electrons. The molecule has 1 nitrogen and oxygen atoms in total. The maximum absolute atomic E-state index is 8.12. The van der Waals surface area contributed by atoms with Gasteiger partial charge in [-0.25, -0.2) is 0 Å². The zero-order chi connectivity index (χ0) is 19.1. The van der Waals surface area contributed by atoms with E-state index in [-0.39, 0.29) is 5.92 Å². The van der Waals surface area contributed by atoms with Crippen molar-refractivity contribution in [1.29, 1.82) is 5.41 Å². The van der Waals surface area contributed by atoms with Crippen LogP contribution in [0.3, 0.4) is 0 Å². The standard InChI is InChI=1S/C27H21N/c1-18-16-20-9-3-5-11-22(20)27(18)25-13-7-6-12-23(25)24-15-14-19-8-2-4-10-21(19)26(24)17-28/h2-17,27-28H,1H3. The van der Waals surface area contributed by atoms with Gasteiger partial charge in [-0.2, -0.15) is 0 Å². The van der Waals surface area contributed by atoms with Crippen LogP contribution in [0.5, 0.6) is 0 Å². The van der Waals surface area contributed by atoms with Crippen molar-refractivity contribution in [2.24, 2.45) is 0 Å². The summed E-state index contributed by atoms with van der Waals surface area (Å²) in [4.78, 5) is 0. The van der Waals surface area contributed by atoms with Crippen LogP contribution in [0.4, 0.5) is 0 Å². The van der Waals surface area contributed by atoms with Crippen molar-refractivity contribution in [2.45, 2.75) is 12.8 Å². The second-order valence-electron chi connectivity index (χ2n) is 7.43. The Morgan fingerprint density at radius 1 is 0.714 bits per heavy atom. The molecule has 28 heavy (non-hydrogen) atoms. The number of hydrogen-bond donors (Lipinski definition) is 1. The second-order valence-corrected chi connectivity index (χ2v) is 7.43. The first-order chi connectivity index (χ1) is 13.8. The summed E-state index contributed by atoms with van der Waals surface area (Å²) < 4.78 is 0. The molecule has 0 bridgehead atoms. The van der Waals surface area contributed by atoms with Crippen LogP contribution in [0, 0.1) is 5.41 Å². The molecule has 1 heteroatoms. The third-order valence-corrected chi connectivity index (χ3v) is 5.82. The van der Waals surface area contributed by atoms with Gasteiger partial charge in [0.1, 0.15) is 0 Å². The summed E-state index contributed by atoms with van der Waals surface area (Å²) in [6.45, 7) is 2.22. The van der Waals surface area contributed by atoms with Gasteiger partial charge in [-0.05, 0) is 45.5 Å². The van der Waals surface area contributed by atoms with Gasteiger partial charge >= 0.3 is 0 Å². The molecule has 5 rings (SSSR count). The van der Waals surface area contributed by atoms with Crippen molar-refractivity contribution < 1.29 is 0 Å². The van der Waals surface area contributed by atoms with Crippen molar-refractivity contribution in [1.82, 2.24) is 0 Å². The molecule has 0 fully saturated rings. The first-order valence-corrected chi connectivity index (χ1v) is 9.66. The maximum atomic E-state index is 8.12. The van der Waals surface area contributed by atoms with Crippen LogP contribution < -0.4 is 0 Å². The first kappa shape index (κ1) is 16.7. The van der Waals surface area contributed by atoms with E-state index in [1.165, 1.54) is 39.4 Å². The molecule has 1 N–H and O–H groups in total. The van der Waals surface area contributed by atoms with Crippen LogP contribution in [0.25, 0.3) is 28.0 Å². The third kappa shape index (κ3) is 2.51. The third-order valence-electron chi connectivity index (χ3n) is 5.82. The van der Waals surface area contributed by atoms with Gasteiger partial charge in [0, 0.05) is 17.7 Å². The molecule has 0 spiro atoms. The Balaban J connectivity index is 1.76. The quantitative estimate of drug-likeness (QED) is 0.379. The summed E-state index contributed by atoms with van der Waals surface area (Å²) in [6, 6.07) is 30.0. The maximum Gasteiger partial charge on any atom is 0.0311 e. The fourth-order valence-corrected chi connectivity index (χ4v) is 4.57. The van der Waals surface area contributed by atoms with Crippen LogP contribution >= 0.6 is 0 Å². The normalized spacial score (nSPS) is 15.3. The predicted octanol–water partition coefficient (Wildman–Crippen LogP) is 7.05. The Morgan fingerprint density at radius 2 is 1.43 bits per heavy atom. The van der Waals surface area contributed by atoms with Gasteiger partial charge in [0.05, 0.1) is 0 Å². The molecule has 0 radical (unpaired) electrons. The Labute approximate surface area is 165 Å². The highest BCUT2D eigenvalue weighted by Gasteiger charge is 2.26. The van der Waals surface area contributed by atoms with Crippen LogP contribution in [-0.4, -0.2) is 6.21 Å². The van der Waals surface area contributed by atoms with E-state index in [1.807, 2.05) is 12.1 Å². The average molecular weight is 359 g/mol. The van der Waals surface area contributed by atoms with E-state index >= 15 is 0 Å². The molecular formula is C27H21N. The summed E-state index contributed by atoms with van der Waals surface area (Å²) in [7, 11) is 0. The van der Waals surface area contributed by atoms with Crippen LogP contribution in [-0.2, 0) is 0 Å². The smallest absolute Gasteiger partial charge is 0.0311 e. The van der Waals surface area contributed by atoms with Gasteiger partial charge in [-0.1, -0.05) is 96.6 Å². The van der Waals surface area contributed by atoms with Crippen molar-refractivity contribution in [3.63, 3.8) is 0 Å². The average Bonchev–Trinajstić information content (AvgIpc) is 3.08. The Hall–Kier alpha value is -3.45. The Kier molecular flexibility index (Phi) is 3.95. The molecule has 0 aliphatic heterocycles. The number of rotatable bonds is 3. The molecule has 4 aromatic carbocycles. The molecule has 0 saturated heterocycles. The summed E-state index contributed by atoms with van der Waals surface area (Å²) in [5.41, 5.74) is 8.67. The molecule has 0 aromatic heterocycles. The highest BCUT2D eigenvalue weighted by Crippen LogP contribution is 2.44. The second kappa shape index (κ2) is 6.61. The lowest BCUT2D eigenvalue weighted by Crippen LogP contribution is -2.03. The largest absolute Gasteiger partial charge is 0.308 e. The molecule has 1 aliphatic carbocycles. The van der Waals surface area contributed by atoms with Crippen molar-refractivity contribution in [3.8, 4) is 11.1 Å². The lowest BCUT2D eigenvalue weighted by molar-refractivity contribution is 0.979. The van der Waals surface area contributed by atoms with Crippen LogP contribution in [0.1, 0.15) is 35.1 Å². The minimum Gasteiger partial charge on any atom is -0.308 e. The van der Waals surface area contributed by atoms with Crippen LogP contribution in [0.15, 0.2) is 90.5 Å². The SMILES string of the molecule is CC1=Cc2ccccc2C1c1ccccc1-c1ccc2ccccc2c1C=N. The van der Waals surface area contributed by atoms with Gasteiger partial charge in [0.2, 0.25) is 0 Å². The van der Waals surface area contributed by atoms with Crippen LogP contribution in [0.2, 0.25) is 0 Å². The molecule has 1 atom stereocenters. The van der Waals surface area contributed by atoms with Gasteiger partial charge in [-0.15, -0.1) is 0 Å². The fourth-order valence-electron chi connectivity index (χ4n) is 4.57. The highest BCUT2D eigenvalue weighted by molar-refractivity contribution is 6.05. The van der Waals surface area contributed by atoms with E-state index in [0.29, 0.717) is 0 Å². The van der Waals surface area contributed by atoms with Gasteiger partial charge in [0.15, 0.2) is 0 Å². The molecule has 1 unspecified atom stereocenters. The summed E-state index contributed by atoms with van der Waals surface area (Å²) in [5.74, 6) is 0.262. The van der Waals surface area contributed by atoms with Gasteiger partial charge in [-0.3, -0.25) is 0 Å². The van der Waals surface area contributed by atoms with E-state index in [0.717, 1.165) is 16.5 Å². The molecule has 1 aliphatic rings. The zero-order valence-corrected chi connectivity index (χ0v) is 15.8. The number of allylic oxidation sites excluding steroid dienone is 1. The summed E-state index contributed by atoms with van der Waals surface area (Å²) in [5, 5.41) is 10.4. The highest BCUT2D eigenvalue weighted by atomic mass is 14.3. The summed E-state index contributed by atoms with van der Waals surface area (Å²) in [6.07, 6.45) is 3.80. The molecule has 0 saturated carbocycles. The monoisotopic (exact) mass is 359 g/mol. The minimum absolute atomic E-state index is 0.262. The van der Waals surface area contributed by atoms with E-state index in [9.17, 15) is 0 Å². The molecule has 0 amide bonds. The van der Waals surface area contributed by atoms with E-state index in [4.69, 9.17) is 5.41 Å². The zero-order valence-electron chi connectivity index (χ0n) is 15.8. The summed E-state index contributed by atoms with van der Waals surface area (Å²) >= 11 is 0. The Morgan fingerprint density at radius 3 is 2.29 bits per heavy atom. The van der Waals surface area contributed by atoms with Crippen molar-refractivity contribution in [3.05, 3.63) is 113 Å². The predicted molar refractivity (Wildman–Crippen MR) is 119 cm³/mol. The van der Waals surface area contributed by atoms with Crippen molar-refractivity contribution in [2.75, 3.05) is 0 Å².